The van der Waals surface area contributed by atoms with Gasteiger partial charge in [-0.3, -0.25) is 9.48 Å². The van der Waals surface area contributed by atoms with Crippen molar-refractivity contribution in [3.8, 4) is 0 Å². The topological polar surface area (TPSA) is 64.2 Å². The third-order valence-corrected chi connectivity index (χ3v) is 3.59. The predicted octanol–water partition coefficient (Wildman–Crippen LogP) is 2.49. The lowest BCUT2D eigenvalue weighted by Crippen LogP contribution is -2.28. The number of rotatable bonds is 4. The number of hydrogen-bond acceptors (Lipinski definition) is 3. The molecule has 5 nitrogen and oxygen atoms in total. The molecule has 6 heteroatoms. The standard InChI is InChI=1S/C15H19ClN4O/c1-4-12-13(17)14(20(3)18-12)15(21)19(2)9-10-6-5-7-11(16)8-10/h5-8H,4,9,17H2,1-3H3. The summed E-state index contributed by atoms with van der Waals surface area (Å²) in [7, 11) is 3.47. The van der Waals surface area contributed by atoms with Crippen molar-refractivity contribution in [2.75, 3.05) is 12.8 Å². The van der Waals surface area contributed by atoms with Gasteiger partial charge in [0.25, 0.3) is 5.91 Å². The second-order valence-electron chi connectivity index (χ2n) is 4.98. The van der Waals surface area contributed by atoms with Crippen molar-refractivity contribution in [1.82, 2.24) is 14.7 Å². The number of aromatic nitrogens is 2. The summed E-state index contributed by atoms with van der Waals surface area (Å²) in [5, 5.41) is 4.93. The third-order valence-electron chi connectivity index (χ3n) is 3.35. The number of anilines is 1. The summed E-state index contributed by atoms with van der Waals surface area (Å²) >= 11 is 5.96. The zero-order chi connectivity index (χ0) is 15.6. The molecule has 0 bridgehead atoms. The molecule has 1 aromatic carbocycles. The highest BCUT2D eigenvalue weighted by molar-refractivity contribution is 6.30. The first-order valence-corrected chi connectivity index (χ1v) is 7.13. The van der Waals surface area contributed by atoms with Crippen molar-refractivity contribution in [3.63, 3.8) is 0 Å². The Hall–Kier alpha value is -2.01. The molecule has 2 aromatic rings. The number of halogens is 1. The molecule has 0 spiro atoms. The zero-order valence-electron chi connectivity index (χ0n) is 12.4. The summed E-state index contributed by atoms with van der Waals surface area (Å²) in [5.74, 6) is -0.151. The molecule has 0 saturated carbocycles. The van der Waals surface area contributed by atoms with Crippen LogP contribution >= 0.6 is 11.6 Å². The van der Waals surface area contributed by atoms with E-state index >= 15 is 0 Å². The van der Waals surface area contributed by atoms with Crippen molar-refractivity contribution in [1.29, 1.82) is 0 Å². The van der Waals surface area contributed by atoms with Gasteiger partial charge in [-0.15, -0.1) is 0 Å². The molecule has 2 N–H and O–H groups in total. The van der Waals surface area contributed by atoms with Crippen LogP contribution in [0.25, 0.3) is 0 Å². The number of benzene rings is 1. The van der Waals surface area contributed by atoms with Crippen LogP contribution in [0.4, 0.5) is 5.69 Å². The third kappa shape index (κ3) is 3.19. The van der Waals surface area contributed by atoms with Crippen LogP contribution in [0, 0.1) is 0 Å². The monoisotopic (exact) mass is 306 g/mol. The van der Waals surface area contributed by atoms with Crippen LogP contribution in [-0.2, 0) is 20.0 Å². The van der Waals surface area contributed by atoms with Crippen LogP contribution in [-0.4, -0.2) is 27.6 Å². The summed E-state index contributed by atoms with van der Waals surface area (Å²) in [6.45, 7) is 2.42. The maximum atomic E-state index is 12.6. The fraction of sp³-hybridized carbons (Fsp3) is 0.333. The van der Waals surface area contributed by atoms with E-state index in [1.165, 1.54) is 0 Å². The second-order valence-corrected chi connectivity index (χ2v) is 5.41. The number of nitrogen functional groups attached to an aromatic ring is 1. The average molecular weight is 307 g/mol. The van der Waals surface area contributed by atoms with Gasteiger partial charge in [-0.2, -0.15) is 5.10 Å². The van der Waals surface area contributed by atoms with Gasteiger partial charge in [0, 0.05) is 25.7 Å². The van der Waals surface area contributed by atoms with Crippen LogP contribution in [0.1, 0.15) is 28.7 Å². The van der Waals surface area contributed by atoms with E-state index in [9.17, 15) is 4.79 Å². The molecule has 1 amide bonds. The molecule has 2 rings (SSSR count). The smallest absolute Gasteiger partial charge is 0.274 e. The molecule has 0 saturated heterocycles. The Kier molecular flexibility index (Phi) is 4.53. The lowest BCUT2D eigenvalue weighted by Gasteiger charge is -2.18. The summed E-state index contributed by atoms with van der Waals surface area (Å²) in [6, 6.07) is 7.44. The fourth-order valence-corrected chi connectivity index (χ4v) is 2.49. The van der Waals surface area contributed by atoms with Gasteiger partial charge in [-0.1, -0.05) is 30.7 Å². The molecule has 0 radical (unpaired) electrons. The van der Waals surface area contributed by atoms with E-state index in [1.807, 2.05) is 25.1 Å². The predicted molar refractivity (Wildman–Crippen MR) is 84.2 cm³/mol. The molecule has 1 aromatic heterocycles. The van der Waals surface area contributed by atoms with E-state index < -0.39 is 0 Å². The van der Waals surface area contributed by atoms with E-state index in [1.54, 1.807) is 29.7 Å². The SMILES string of the molecule is CCc1nn(C)c(C(=O)N(C)Cc2cccc(Cl)c2)c1N. The minimum Gasteiger partial charge on any atom is -0.395 e. The van der Waals surface area contributed by atoms with Crippen molar-refractivity contribution in [3.05, 3.63) is 46.2 Å². The minimum absolute atomic E-state index is 0.151. The molecular formula is C15H19ClN4O. The Bertz CT molecular complexity index is 666. The Morgan fingerprint density at radius 2 is 2.19 bits per heavy atom. The van der Waals surface area contributed by atoms with Crippen molar-refractivity contribution < 1.29 is 4.79 Å². The van der Waals surface area contributed by atoms with Crippen LogP contribution in [0.5, 0.6) is 0 Å². The Labute approximate surface area is 129 Å². The van der Waals surface area contributed by atoms with Gasteiger partial charge in [0.15, 0.2) is 0 Å². The molecule has 112 valence electrons. The van der Waals surface area contributed by atoms with E-state index in [0.29, 0.717) is 29.4 Å². The number of carbonyl (C=O) groups is 1. The highest BCUT2D eigenvalue weighted by Gasteiger charge is 2.22. The summed E-state index contributed by atoms with van der Waals surface area (Å²) < 4.78 is 1.55. The van der Waals surface area contributed by atoms with Crippen LogP contribution < -0.4 is 5.73 Å². The molecule has 21 heavy (non-hydrogen) atoms. The average Bonchev–Trinajstić information content (AvgIpc) is 2.72. The lowest BCUT2D eigenvalue weighted by atomic mass is 10.2. The Morgan fingerprint density at radius 1 is 1.48 bits per heavy atom. The molecule has 0 aliphatic rings. The van der Waals surface area contributed by atoms with Crippen LogP contribution in [0.15, 0.2) is 24.3 Å². The highest BCUT2D eigenvalue weighted by atomic mass is 35.5. The largest absolute Gasteiger partial charge is 0.395 e. The van der Waals surface area contributed by atoms with Gasteiger partial charge in [-0.25, -0.2) is 0 Å². The van der Waals surface area contributed by atoms with Gasteiger partial charge >= 0.3 is 0 Å². The molecule has 0 unspecified atom stereocenters. The van der Waals surface area contributed by atoms with E-state index in [4.69, 9.17) is 17.3 Å². The first kappa shape index (κ1) is 15.4. The number of nitrogens with zero attached hydrogens (tertiary/aromatic N) is 3. The molecule has 0 fully saturated rings. The van der Waals surface area contributed by atoms with Crippen molar-refractivity contribution >= 4 is 23.2 Å². The quantitative estimate of drug-likeness (QED) is 0.944. The van der Waals surface area contributed by atoms with Gasteiger partial charge in [0.2, 0.25) is 0 Å². The minimum atomic E-state index is -0.151. The zero-order valence-corrected chi connectivity index (χ0v) is 13.2. The van der Waals surface area contributed by atoms with Gasteiger partial charge < -0.3 is 10.6 Å². The van der Waals surface area contributed by atoms with E-state index in [0.717, 1.165) is 11.3 Å². The van der Waals surface area contributed by atoms with Crippen LogP contribution in [0.2, 0.25) is 5.02 Å². The normalized spacial score (nSPS) is 10.7. The molecular weight excluding hydrogens is 288 g/mol. The van der Waals surface area contributed by atoms with E-state index in [-0.39, 0.29) is 5.91 Å². The second kappa shape index (κ2) is 6.18. The summed E-state index contributed by atoms with van der Waals surface area (Å²) in [5.41, 5.74) is 8.62. The Morgan fingerprint density at radius 3 is 2.76 bits per heavy atom. The van der Waals surface area contributed by atoms with Gasteiger partial charge in [0.05, 0.1) is 11.4 Å². The maximum Gasteiger partial charge on any atom is 0.274 e. The summed E-state index contributed by atoms with van der Waals surface area (Å²) in [4.78, 5) is 14.2. The first-order valence-electron chi connectivity index (χ1n) is 6.75. The number of nitrogens with two attached hydrogens (primary N) is 1. The number of aryl methyl sites for hydroxylation is 2. The number of hydrogen-bond donors (Lipinski definition) is 1. The number of amides is 1. The van der Waals surface area contributed by atoms with Gasteiger partial charge in [-0.05, 0) is 24.1 Å². The summed E-state index contributed by atoms with van der Waals surface area (Å²) in [6.07, 6.45) is 0.699. The van der Waals surface area contributed by atoms with Crippen LogP contribution in [0.3, 0.4) is 0 Å². The fourth-order valence-electron chi connectivity index (χ4n) is 2.27. The van der Waals surface area contributed by atoms with Crippen molar-refractivity contribution in [2.45, 2.75) is 19.9 Å². The Balaban J connectivity index is 2.22. The molecule has 0 aliphatic heterocycles. The van der Waals surface area contributed by atoms with Gasteiger partial charge in [0.1, 0.15) is 5.69 Å². The highest BCUT2D eigenvalue weighted by Crippen LogP contribution is 2.20. The molecule has 1 heterocycles. The van der Waals surface area contributed by atoms with Crippen molar-refractivity contribution in [2.24, 2.45) is 7.05 Å². The number of carbonyl (C=O) groups excluding carboxylic acids is 1. The first-order chi connectivity index (χ1) is 9.93. The molecule has 0 aliphatic carbocycles. The lowest BCUT2D eigenvalue weighted by molar-refractivity contribution is 0.0775. The maximum absolute atomic E-state index is 12.6. The molecule has 0 atom stereocenters. The van der Waals surface area contributed by atoms with E-state index in [2.05, 4.69) is 5.10 Å².